The lowest BCUT2D eigenvalue weighted by Gasteiger charge is -2.21. The van der Waals surface area contributed by atoms with Crippen molar-refractivity contribution in [1.82, 2.24) is 9.97 Å². The van der Waals surface area contributed by atoms with E-state index in [-0.39, 0.29) is 5.41 Å². The van der Waals surface area contributed by atoms with Crippen LogP contribution in [0.25, 0.3) is 76.9 Å². The summed E-state index contributed by atoms with van der Waals surface area (Å²) in [7, 11) is 0. The molecule has 0 bridgehead atoms. The topological polar surface area (TPSA) is 38.9 Å². The quantitative estimate of drug-likeness (QED) is 0.205. The molecular weight excluding hydrogens is 488 g/mol. The second kappa shape index (κ2) is 7.55. The van der Waals surface area contributed by atoms with Crippen LogP contribution in [0.3, 0.4) is 0 Å². The standard InChI is InChI=1S/C37H24N2O/c1-37(2)31-17-21(15-16-25(31)28-18-29-26-12-7-8-14-33(26)40-34(29)19-32(28)37)36-38-20-30-24-11-4-3-9-22(24)23-10-5-6-13-27(23)35(30)39-36/h3-20H,1-2H3. The molecule has 0 spiro atoms. The van der Waals surface area contributed by atoms with E-state index in [1.165, 1.54) is 43.8 Å². The molecule has 0 saturated heterocycles. The maximum atomic E-state index is 6.25. The van der Waals surface area contributed by atoms with E-state index in [2.05, 4.69) is 105 Å². The minimum absolute atomic E-state index is 0.173. The Labute approximate surface area is 230 Å². The first-order chi connectivity index (χ1) is 19.6. The molecule has 3 heteroatoms. The molecule has 8 aromatic rings. The molecule has 0 aliphatic heterocycles. The molecule has 0 saturated carbocycles. The lowest BCUT2D eigenvalue weighted by Crippen LogP contribution is -2.15. The van der Waals surface area contributed by atoms with Crippen molar-refractivity contribution < 1.29 is 4.42 Å². The van der Waals surface area contributed by atoms with Gasteiger partial charge in [-0.05, 0) is 62.7 Å². The third kappa shape index (κ3) is 2.79. The van der Waals surface area contributed by atoms with E-state index in [0.29, 0.717) is 0 Å². The van der Waals surface area contributed by atoms with Crippen molar-refractivity contribution in [3.8, 4) is 22.5 Å². The number of aromatic nitrogens is 2. The van der Waals surface area contributed by atoms with E-state index in [0.717, 1.165) is 44.2 Å². The van der Waals surface area contributed by atoms with Crippen LogP contribution < -0.4 is 0 Å². The van der Waals surface area contributed by atoms with Crippen LogP contribution in [0.1, 0.15) is 25.0 Å². The first-order valence-electron chi connectivity index (χ1n) is 13.8. The van der Waals surface area contributed by atoms with Crippen LogP contribution in [0.15, 0.2) is 114 Å². The van der Waals surface area contributed by atoms with Gasteiger partial charge in [-0.2, -0.15) is 0 Å². The summed E-state index contributed by atoms with van der Waals surface area (Å²) in [5.41, 5.74) is 8.87. The molecule has 1 aliphatic carbocycles. The number of hydrogen-bond donors (Lipinski definition) is 0. The van der Waals surface area contributed by atoms with Gasteiger partial charge in [0.25, 0.3) is 0 Å². The third-order valence-electron chi connectivity index (χ3n) is 8.91. The Balaban J connectivity index is 1.25. The molecule has 40 heavy (non-hydrogen) atoms. The van der Waals surface area contributed by atoms with E-state index >= 15 is 0 Å². The molecular formula is C37H24N2O. The molecule has 0 unspecified atom stereocenters. The Morgan fingerprint density at radius 1 is 0.550 bits per heavy atom. The molecule has 2 heterocycles. The number of furan rings is 1. The third-order valence-corrected chi connectivity index (χ3v) is 8.91. The predicted molar refractivity (Wildman–Crippen MR) is 165 cm³/mol. The zero-order valence-electron chi connectivity index (χ0n) is 22.2. The maximum Gasteiger partial charge on any atom is 0.159 e. The summed E-state index contributed by atoms with van der Waals surface area (Å²) in [4.78, 5) is 10.1. The van der Waals surface area contributed by atoms with Gasteiger partial charge in [0.15, 0.2) is 5.82 Å². The van der Waals surface area contributed by atoms with Crippen molar-refractivity contribution in [2.75, 3.05) is 0 Å². The minimum Gasteiger partial charge on any atom is -0.456 e. The summed E-state index contributed by atoms with van der Waals surface area (Å²) < 4.78 is 6.25. The number of fused-ring (bicyclic) bond motifs is 12. The molecule has 6 aromatic carbocycles. The Morgan fingerprint density at radius 3 is 2.00 bits per heavy atom. The van der Waals surface area contributed by atoms with Crippen LogP contribution >= 0.6 is 0 Å². The van der Waals surface area contributed by atoms with Crippen molar-refractivity contribution in [2.45, 2.75) is 19.3 Å². The molecule has 0 fully saturated rings. The van der Waals surface area contributed by atoms with Gasteiger partial charge in [0, 0.05) is 38.7 Å². The van der Waals surface area contributed by atoms with Crippen LogP contribution in [-0.4, -0.2) is 9.97 Å². The maximum absolute atomic E-state index is 6.25. The van der Waals surface area contributed by atoms with Crippen LogP contribution in [0, 0.1) is 0 Å². The van der Waals surface area contributed by atoms with Crippen LogP contribution in [0.5, 0.6) is 0 Å². The Bertz CT molecular complexity index is 2320. The molecule has 0 atom stereocenters. The van der Waals surface area contributed by atoms with Crippen molar-refractivity contribution in [3.05, 3.63) is 120 Å². The van der Waals surface area contributed by atoms with Crippen molar-refractivity contribution in [3.63, 3.8) is 0 Å². The highest BCUT2D eigenvalue weighted by molar-refractivity contribution is 6.24. The fraction of sp³-hybridized carbons (Fsp3) is 0.0811. The molecule has 0 N–H and O–H groups in total. The average molecular weight is 513 g/mol. The highest BCUT2D eigenvalue weighted by Gasteiger charge is 2.36. The summed E-state index contributed by atoms with van der Waals surface area (Å²) in [6, 6.07) is 36.6. The SMILES string of the molecule is CC1(C)c2cc(-c3ncc4c5ccccc5c5ccccc5c4n3)ccc2-c2cc3c(cc21)oc1ccccc13. The van der Waals surface area contributed by atoms with E-state index in [1.54, 1.807) is 0 Å². The van der Waals surface area contributed by atoms with Crippen molar-refractivity contribution >= 4 is 54.4 Å². The van der Waals surface area contributed by atoms with E-state index in [9.17, 15) is 0 Å². The van der Waals surface area contributed by atoms with Crippen LogP contribution in [0.4, 0.5) is 0 Å². The first-order valence-corrected chi connectivity index (χ1v) is 13.8. The summed E-state index contributed by atoms with van der Waals surface area (Å²) in [5.74, 6) is 0.752. The fourth-order valence-electron chi connectivity index (χ4n) is 6.89. The number of nitrogens with zero attached hydrogens (tertiary/aromatic N) is 2. The molecule has 2 aromatic heterocycles. The average Bonchev–Trinajstić information content (AvgIpc) is 3.47. The monoisotopic (exact) mass is 512 g/mol. The van der Waals surface area contributed by atoms with Gasteiger partial charge in [-0.25, -0.2) is 9.97 Å². The fourth-order valence-corrected chi connectivity index (χ4v) is 6.89. The predicted octanol–water partition coefficient (Wildman–Crippen LogP) is 9.81. The van der Waals surface area contributed by atoms with E-state index in [1.807, 2.05) is 18.3 Å². The molecule has 9 rings (SSSR count). The summed E-state index contributed by atoms with van der Waals surface area (Å²) in [6.45, 7) is 4.60. The second-order valence-electron chi connectivity index (χ2n) is 11.4. The van der Waals surface area contributed by atoms with Gasteiger partial charge in [0.1, 0.15) is 11.2 Å². The normalized spacial score (nSPS) is 13.9. The van der Waals surface area contributed by atoms with E-state index < -0.39 is 0 Å². The highest BCUT2D eigenvalue weighted by atomic mass is 16.3. The van der Waals surface area contributed by atoms with Gasteiger partial charge in [0.05, 0.1) is 5.52 Å². The summed E-state index contributed by atoms with van der Waals surface area (Å²) in [6.07, 6.45) is 2.00. The second-order valence-corrected chi connectivity index (χ2v) is 11.4. The van der Waals surface area contributed by atoms with Crippen molar-refractivity contribution in [1.29, 1.82) is 0 Å². The molecule has 0 amide bonds. The summed E-state index contributed by atoms with van der Waals surface area (Å²) in [5, 5.41) is 8.21. The first kappa shape index (κ1) is 21.9. The summed E-state index contributed by atoms with van der Waals surface area (Å²) >= 11 is 0. The number of rotatable bonds is 1. The molecule has 3 nitrogen and oxygen atoms in total. The van der Waals surface area contributed by atoms with Crippen molar-refractivity contribution in [2.24, 2.45) is 0 Å². The zero-order valence-corrected chi connectivity index (χ0v) is 22.2. The van der Waals surface area contributed by atoms with Gasteiger partial charge < -0.3 is 4.42 Å². The number of benzene rings is 6. The largest absolute Gasteiger partial charge is 0.456 e. The smallest absolute Gasteiger partial charge is 0.159 e. The van der Waals surface area contributed by atoms with Crippen LogP contribution in [0.2, 0.25) is 0 Å². The molecule has 0 radical (unpaired) electrons. The van der Waals surface area contributed by atoms with Gasteiger partial charge in [0.2, 0.25) is 0 Å². The van der Waals surface area contributed by atoms with Gasteiger partial charge in [-0.3, -0.25) is 0 Å². The van der Waals surface area contributed by atoms with E-state index in [4.69, 9.17) is 14.4 Å². The van der Waals surface area contributed by atoms with Gasteiger partial charge >= 0.3 is 0 Å². The Hall–Kier alpha value is -5.02. The zero-order chi connectivity index (χ0) is 26.6. The number of hydrogen-bond acceptors (Lipinski definition) is 3. The number of para-hydroxylation sites is 1. The molecule has 188 valence electrons. The minimum atomic E-state index is -0.173. The Kier molecular flexibility index (Phi) is 4.13. The lowest BCUT2D eigenvalue weighted by atomic mass is 9.82. The van der Waals surface area contributed by atoms with Crippen LogP contribution in [-0.2, 0) is 5.41 Å². The molecule has 1 aliphatic rings. The lowest BCUT2D eigenvalue weighted by molar-refractivity contribution is 0.647. The highest BCUT2D eigenvalue weighted by Crippen LogP contribution is 2.51. The van der Waals surface area contributed by atoms with Gasteiger partial charge in [-0.1, -0.05) is 92.7 Å². The van der Waals surface area contributed by atoms with Gasteiger partial charge in [-0.15, -0.1) is 0 Å². The Morgan fingerprint density at radius 2 is 1.20 bits per heavy atom.